The fourth-order valence-electron chi connectivity index (χ4n) is 9.91. The van der Waals surface area contributed by atoms with Crippen LogP contribution in [0, 0.1) is 0 Å². The second kappa shape index (κ2) is 13.5. The van der Waals surface area contributed by atoms with Gasteiger partial charge in [-0.25, -0.2) is 0 Å². The summed E-state index contributed by atoms with van der Waals surface area (Å²) in [5.41, 5.74) is 9.53. The molecule has 278 valence electrons. The Morgan fingerprint density at radius 3 is 1.75 bits per heavy atom. The summed E-state index contributed by atoms with van der Waals surface area (Å²) in [5, 5.41) is 10.9. The molecule has 12 rings (SSSR count). The lowest BCUT2D eigenvalue weighted by molar-refractivity contribution is 0.488. The summed E-state index contributed by atoms with van der Waals surface area (Å²) < 4.78 is 13.8. The zero-order chi connectivity index (χ0) is 38.9. The van der Waals surface area contributed by atoms with Crippen LogP contribution < -0.4 is 40.8 Å². The summed E-state index contributed by atoms with van der Waals surface area (Å²) in [5.74, 6) is 1.85. The lowest BCUT2D eigenvalue weighted by Crippen LogP contribution is -2.84. The maximum absolute atomic E-state index is 7.26. The molecule has 0 atom stereocenters. The summed E-state index contributed by atoms with van der Waals surface area (Å²) in [7, 11) is -3.50. The van der Waals surface area contributed by atoms with Crippen molar-refractivity contribution >= 4 is 87.7 Å². The number of anilines is 3. The molecule has 0 radical (unpaired) electrons. The van der Waals surface area contributed by atoms with E-state index in [2.05, 4.69) is 205 Å². The summed E-state index contributed by atoms with van der Waals surface area (Å²) in [6.45, 7) is 0. The number of fused-ring (bicyclic) bond motifs is 11. The van der Waals surface area contributed by atoms with Crippen LogP contribution in [0.15, 0.2) is 217 Å². The largest absolute Gasteiger partial charge is 0.456 e. The molecule has 9 aromatic carbocycles. The second-order valence-corrected chi connectivity index (χ2v) is 21.1. The van der Waals surface area contributed by atoms with Crippen molar-refractivity contribution in [1.82, 2.24) is 0 Å². The van der Waals surface area contributed by atoms with Crippen molar-refractivity contribution < 1.29 is 9.15 Å². The van der Waals surface area contributed by atoms with Gasteiger partial charge in [0, 0.05) is 22.5 Å². The molecule has 0 bridgehead atoms. The van der Waals surface area contributed by atoms with Gasteiger partial charge in [0.15, 0.2) is 13.8 Å². The Balaban J connectivity index is 1.10. The van der Waals surface area contributed by atoms with Crippen molar-refractivity contribution in [2.24, 2.45) is 0 Å². The second-order valence-electron chi connectivity index (χ2n) is 15.6. The molecule has 0 unspecified atom stereocenters. The zero-order valence-corrected chi connectivity index (χ0v) is 34.6. The molecule has 3 heterocycles. The van der Waals surface area contributed by atoms with Gasteiger partial charge in [-0.05, 0) is 85.5 Å². The molecule has 0 N–H and O–H groups in total. The summed E-state index contributed by atoms with van der Waals surface area (Å²) in [4.78, 5) is 2.36. The number of hydrogen-bond donors (Lipinski definition) is 0. The molecule has 1 spiro atoms. The first-order valence-electron chi connectivity index (χ1n) is 20.3. The maximum Gasteiger partial charge on any atom is 0.188 e. The molecule has 0 amide bonds. The quantitative estimate of drug-likeness (QED) is 0.163. The van der Waals surface area contributed by atoms with Gasteiger partial charge >= 0.3 is 0 Å². The van der Waals surface area contributed by atoms with E-state index < -0.39 is 17.6 Å². The third-order valence-corrected chi connectivity index (χ3v) is 20.2. The molecule has 59 heavy (non-hydrogen) atoms. The van der Waals surface area contributed by atoms with E-state index in [0.717, 1.165) is 56.1 Å². The van der Waals surface area contributed by atoms with Crippen molar-refractivity contribution in [2.45, 2.75) is 0 Å². The molecule has 0 aliphatic carbocycles. The molecule has 0 saturated carbocycles. The normalized spacial score (nSPS) is 15.3. The minimum Gasteiger partial charge on any atom is -0.456 e. The highest BCUT2D eigenvalue weighted by Crippen LogP contribution is 2.45. The molecule has 0 fully saturated rings. The average Bonchev–Trinajstić information content (AvgIpc) is 3.68. The molecule has 10 aromatic rings. The van der Waals surface area contributed by atoms with Gasteiger partial charge in [-0.15, -0.1) is 0 Å². The van der Waals surface area contributed by atoms with Gasteiger partial charge in [-0.1, -0.05) is 174 Å². The Labute approximate surface area is 346 Å². The van der Waals surface area contributed by atoms with Gasteiger partial charge in [0.25, 0.3) is 0 Å². The molecule has 3 nitrogen and oxygen atoms in total. The van der Waals surface area contributed by atoms with Gasteiger partial charge in [-0.2, -0.15) is 0 Å². The van der Waals surface area contributed by atoms with Crippen LogP contribution >= 0.6 is 0 Å². The summed E-state index contributed by atoms with van der Waals surface area (Å²) in [6.07, 6.45) is 0. The summed E-state index contributed by atoms with van der Waals surface area (Å²) >= 11 is 0. The van der Waals surface area contributed by atoms with Crippen LogP contribution in [0.1, 0.15) is 0 Å². The van der Waals surface area contributed by atoms with Crippen LogP contribution in [0.25, 0.3) is 44.2 Å². The standard InChI is InChI=1S/C54H37NO2Si2/c1-2-15-36(16-3-1)40-17-4-5-18-41(40)37-29-31-38(32-30-37)55(39-33-34-43-42-19-6-7-21-45(42)56-47(43)35-39)44-20-14-28-53-54(44)57-46-22-8-11-25-50(46)59(53)51-26-12-9-23-48(51)58-49-24-10-13-27-52(49)59/h1-35H,58H2. The molecular weight excluding hydrogens is 751 g/mol. The number of ether oxygens (including phenoxy) is 1. The van der Waals surface area contributed by atoms with Crippen molar-refractivity contribution in [3.8, 4) is 33.8 Å². The molecule has 2 aliphatic rings. The Hall–Kier alpha value is -7.19. The minimum absolute atomic E-state index is 0.680. The predicted molar refractivity (Wildman–Crippen MR) is 251 cm³/mol. The minimum atomic E-state index is -2.82. The van der Waals surface area contributed by atoms with Crippen molar-refractivity contribution in [3.63, 3.8) is 0 Å². The first-order valence-corrected chi connectivity index (χ1v) is 23.7. The molecular formula is C54H37NO2Si2. The van der Waals surface area contributed by atoms with Gasteiger partial charge in [0.1, 0.15) is 16.9 Å². The van der Waals surface area contributed by atoms with Gasteiger partial charge in [0.2, 0.25) is 0 Å². The van der Waals surface area contributed by atoms with E-state index in [0.29, 0.717) is 0 Å². The van der Waals surface area contributed by atoms with E-state index in [4.69, 9.17) is 9.15 Å². The SMILES string of the molecule is c1ccc(-c2ccccc2-c2ccc(N(c3ccc4c(c3)oc3ccccc34)c3cccc4c3Oc3ccccc3[Si]43c4ccccc4[SiH2]c4ccccc43)cc2)cc1. The Morgan fingerprint density at radius 2 is 0.983 bits per heavy atom. The van der Waals surface area contributed by atoms with Crippen LogP contribution in [0.2, 0.25) is 0 Å². The molecule has 0 saturated heterocycles. The van der Waals surface area contributed by atoms with E-state index in [1.165, 1.54) is 47.8 Å². The molecule has 5 heteroatoms. The average molecular weight is 788 g/mol. The van der Waals surface area contributed by atoms with E-state index in [-0.39, 0.29) is 0 Å². The first-order chi connectivity index (χ1) is 29.3. The van der Waals surface area contributed by atoms with Crippen molar-refractivity contribution in [2.75, 3.05) is 4.90 Å². The molecule has 2 aliphatic heterocycles. The third-order valence-electron chi connectivity index (χ3n) is 12.4. The fraction of sp³-hybridized carbons (Fsp3) is 0. The van der Waals surface area contributed by atoms with Gasteiger partial charge in [0.05, 0.1) is 20.9 Å². The monoisotopic (exact) mass is 787 g/mol. The van der Waals surface area contributed by atoms with Gasteiger partial charge < -0.3 is 14.1 Å². The fourth-order valence-corrected chi connectivity index (χ4v) is 18.8. The summed E-state index contributed by atoms with van der Waals surface area (Å²) in [6, 6.07) is 77.4. The van der Waals surface area contributed by atoms with Crippen LogP contribution in [-0.2, 0) is 0 Å². The van der Waals surface area contributed by atoms with E-state index in [1.54, 1.807) is 0 Å². The third kappa shape index (κ3) is 5.18. The first kappa shape index (κ1) is 33.9. The van der Waals surface area contributed by atoms with Crippen LogP contribution in [0.5, 0.6) is 11.5 Å². The zero-order valence-electron chi connectivity index (χ0n) is 32.2. The smallest absolute Gasteiger partial charge is 0.188 e. The van der Waals surface area contributed by atoms with E-state index in [1.807, 2.05) is 12.1 Å². The predicted octanol–water partition coefficient (Wildman–Crippen LogP) is 9.31. The van der Waals surface area contributed by atoms with E-state index in [9.17, 15) is 0 Å². The number of hydrogen-bond acceptors (Lipinski definition) is 3. The van der Waals surface area contributed by atoms with Crippen LogP contribution in [0.4, 0.5) is 17.1 Å². The van der Waals surface area contributed by atoms with E-state index >= 15 is 0 Å². The number of benzene rings is 9. The Bertz CT molecular complexity index is 3180. The van der Waals surface area contributed by atoms with Crippen LogP contribution in [-0.4, -0.2) is 17.6 Å². The lowest BCUT2D eigenvalue weighted by atomic mass is 9.94. The number of nitrogens with zero attached hydrogens (tertiary/aromatic N) is 1. The van der Waals surface area contributed by atoms with Gasteiger partial charge in [-0.3, -0.25) is 0 Å². The lowest BCUT2D eigenvalue weighted by Gasteiger charge is -2.44. The number of para-hydroxylation sites is 3. The van der Waals surface area contributed by atoms with Crippen molar-refractivity contribution in [1.29, 1.82) is 0 Å². The van der Waals surface area contributed by atoms with Crippen LogP contribution in [0.3, 0.4) is 0 Å². The Morgan fingerprint density at radius 1 is 0.407 bits per heavy atom. The number of furan rings is 1. The molecule has 1 aromatic heterocycles. The highest BCUT2D eigenvalue weighted by atomic mass is 28.3. The van der Waals surface area contributed by atoms with Crippen molar-refractivity contribution in [3.05, 3.63) is 212 Å². The highest BCUT2D eigenvalue weighted by molar-refractivity contribution is 7.24. The highest BCUT2D eigenvalue weighted by Gasteiger charge is 2.52. The number of rotatable bonds is 5. The topological polar surface area (TPSA) is 25.6 Å². The maximum atomic E-state index is 7.26. The Kier molecular flexibility index (Phi) is 7.73.